The zero-order valence-corrected chi connectivity index (χ0v) is 23.9. The molecule has 0 aromatic rings. The molecule has 0 spiro atoms. The van der Waals surface area contributed by atoms with Crippen LogP contribution in [0.3, 0.4) is 0 Å². The van der Waals surface area contributed by atoms with Crippen LogP contribution in [-0.2, 0) is 23.8 Å². The van der Waals surface area contributed by atoms with Gasteiger partial charge in [-0.1, -0.05) is 52.4 Å². The molecule has 0 heterocycles. The molecule has 6 heteroatoms. The number of carbonyl (C=O) groups is 2. The Morgan fingerprint density at radius 1 is 1.03 bits per heavy atom. The summed E-state index contributed by atoms with van der Waals surface area (Å²) in [6.07, 6.45) is 15.6. The average Bonchev–Trinajstić information content (AvgIpc) is 3.19. The number of carbonyl (C=O) groups excluding carboxylic acids is 2. The molecule has 4 aliphatic carbocycles. The summed E-state index contributed by atoms with van der Waals surface area (Å²) in [5.41, 5.74) is -1.85. The SMILES string of the molecule is CCCCCCCC[C@H]1CC[C@H]2[C@@H]3CC(=O)[C@@]4(O)C[C@@H](OC(C)=O)CC[C@]4(COCOC)[C@H]3CC[C@]12C. The fraction of sp³-hybridized carbons (Fsp3) is 0.935. The normalized spacial score (nSPS) is 41.1. The van der Waals surface area contributed by atoms with E-state index in [9.17, 15) is 14.7 Å². The van der Waals surface area contributed by atoms with Crippen molar-refractivity contribution in [1.29, 1.82) is 0 Å². The van der Waals surface area contributed by atoms with Crippen LogP contribution in [0.25, 0.3) is 0 Å². The van der Waals surface area contributed by atoms with Gasteiger partial charge >= 0.3 is 5.97 Å². The fourth-order valence-corrected chi connectivity index (χ4v) is 9.48. The minimum absolute atomic E-state index is 0.0600. The first-order valence-electron chi connectivity index (χ1n) is 15.2. The van der Waals surface area contributed by atoms with Gasteiger partial charge in [-0.25, -0.2) is 0 Å². The molecule has 0 amide bonds. The van der Waals surface area contributed by atoms with Gasteiger partial charge in [0.25, 0.3) is 0 Å². The van der Waals surface area contributed by atoms with E-state index in [1.807, 2.05) is 0 Å². The van der Waals surface area contributed by atoms with Crippen LogP contribution in [0.4, 0.5) is 0 Å². The number of aliphatic hydroxyl groups is 1. The number of hydrogen-bond donors (Lipinski definition) is 1. The van der Waals surface area contributed by atoms with Gasteiger partial charge in [0.15, 0.2) is 5.78 Å². The number of esters is 1. The van der Waals surface area contributed by atoms with Crippen molar-refractivity contribution in [2.75, 3.05) is 20.5 Å². The maximum atomic E-state index is 13.9. The van der Waals surface area contributed by atoms with Crippen molar-refractivity contribution in [1.82, 2.24) is 0 Å². The molecule has 4 saturated carbocycles. The van der Waals surface area contributed by atoms with Crippen LogP contribution in [0.2, 0.25) is 0 Å². The summed E-state index contributed by atoms with van der Waals surface area (Å²) in [5, 5.41) is 12.1. The summed E-state index contributed by atoms with van der Waals surface area (Å²) in [6, 6.07) is 0. The number of methoxy groups -OCH3 is 1. The summed E-state index contributed by atoms with van der Waals surface area (Å²) in [6.45, 7) is 6.65. The van der Waals surface area contributed by atoms with Crippen LogP contribution < -0.4 is 0 Å². The van der Waals surface area contributed by atoms with Gasteiger partial charge in [-0.05, 0) is 74.0 Å². The van der Waals surface area contributed by atoms with E-state index in [4.69, 9.17) is 14.2 Å². The molecule has 0 aromatic carbocycles. The molecule has 8 atom stereocenters. The first-order chi connectivity index (χ1) is 17.7. The van der Waals surface area contributed by atoms with Gasteiger partial charge in [0.2, 0.25) is 0 Å². The molecule has 0 aromatic heterocycles. The maximum absolute atomic E-state index is 13.9. The Hall–Kier alpha value is -0.980. The lowest BCUT2D eigenvalue weighted by molar-refractivity contribution is -0.241. The summed E-state index contributed by atoms with van der Waals surface area (Å²) in [5.74, 6) is 1.42. The molecular weight excluding hydrogens is 468 g/mol. The molecule has 37 heavy (non-hydrogen) atoms. The lowest BCUT2D eigenvalue weighted by atomic mass is 9.42. The number of fused-ring (bicyclic) bond motifs is 5. The lowest BCUT2D eigenvalue weighted by Crippen LogP contribution is -2.70. The van der Waals surface area contributed by atoms with E-state index in [2.05, 4.69) is 13.8 Å². The molecule has 0 aliphatic heterocycles. The number of rotatable bonds is 12. The first-order valence-corrected chi connectivity index (χ1v) is 15.2. The summed E-state index contributed by atoms with van der Waals surface area (Å²) >= 11 is 0. The number of ketones is 1. The van der Waals surface area contributed by atoms with Crippen molar-refractivity contribution >= 4 is 11.8 Å². The Bertz CT molecular complexity index is 799. The molecule has 4 aliphatic rings. The quantitative estimate of drug-likeness (QED) is 0.187. The van der Waals surface area contributed by atoms with Crippen molar-refractivity contribution in [3.63, 3.8) is 0 Å². The second-order valence-electron chi connectivity index (χ2n) is 13.1. The molecule has 0 unspecified atom stereocenters. The number of unbranched alkanes of at least 4 members (excludes halogenated alkanes) is 5. The summed E-state index contributed by atoms with van der Waals surface area (Å²) < 4.78 is 16.7. The maximum Gasteiger partial charge on any atom is 0.302 e. The van der Waals surface area contributed by atoms with E-state index >= 15 is 0 Å². The predicted octanol–water partition coefficient (Wildman–Crippen LogP) is 6.22. The molecule has 4 fully saturated rings. The van der Waals surface area contributed by atoms with Gasteiger partial charge in [-0.2, -0.15) is 0 Å². The highest BCUT2D eigenvalue weighted by atomic mass is 16.7. The third-order valence-electron chi connectivity index (χ3n) is 11.3. The molecule has 6 nitrogen and oxygen atoms in total. The van der Waals surface area contributed by atoms with Crippen molar-refractivity contribution in [2.24, 2.45) is 34.5 Å². The van der Waals surface area contributed by atoms with Gasteiger partial charge in [0.05, 0.1) is 6.61 Å². The number of hydrogen-bond acceptors (Lipinski definition) is 6. The Labute approximate surface area is 224 Å². The topological polar surface area (TPSA) is 82.1 Å². The van der Waals surface area contributed by atoms with E-state index in [-0.39, 0.29) is 30.9 Å². The number of ether oxygens (including phenoxy) is 3. The fourth-order valence-electron chi connectivity index (χ4n) is 9.48. The monoisotopic (exact) mass is 520 g/mol. The second kappa shape index (κ2) is 12.0. The van der Waals surface area contributed by atoms with Gasteiger partial charge in [0, 0.05) is 32.3 Å². The van der Waals surface area contributed by atoms with E-state index in [0.29, 0.717) is 43.1 Å². The van der Waals surface area contributed by atoms with Gasteiger partial charge in [0.1, 0.15) is 18.5 Å². The molecule has 0 radical (unpaired) electrons. The Morgan fingerprint density at radius 3 is 2.51 bits per heavy atom. The highest BCUT2D eigenvalue weighted by Gasteiger charge is 2.69. The Morgan fingerprint density at radius 2 is 1.78 bits per heavy atom. The Balaban J connectivity index is 1.52. The van der Waals surface area contributed by atoms with E-state index in [1.165, 1.54) is 71.1 Å². The lowest BCUT2D eigenvalue weighted by Gasteiger charge is -2.63. The largest absolute Gasteiger partial charge is 0.462 e. The third kappa shape index (κ3) is 5.41. The van der Waals surface area contributed by atoms with Crippen molar-refractivity contribution in [3.05, 3.63) is 0 Å². The van der Waals surface area contributed by atoms with E-state index in [0.717, 1.165) is 12.3 Å². The van der Waals surface area contributed by atoms with Crippen LogP contribution >= 0.6 is 0 Å². The van der Waals surface area contributed by atoms with Crippen molar-refractivity contribution in [3.8, 4) is 0 Å². The minimum Gasteiger partial charge on any atom is -0.462 e. The molecule has 0 bridgehead atoms. The number of Topliss-reactive ketones (excluding diaryl/α,β-unsaturated/α-hetero) is 1. The zero-order valence-electron chi connectivity index (χ0n) is 23.9. The highest BCUT2D eigenvalue weighted by Crippen LogP contribution is 2.68. The van der Waals surface area contributed by atoms with Gasteiger partial charge < -0.3 is 19.3 Å². The summed E-state index contributed by atoms with van der Waals surface area (Å²) in [7, 11) is 1.60. The standard InChI is InChI=1S/C31H52O6/c1-5-6-7-8-9-10-11-23-12-13-26-25-18-28(33)31(34)19-24(37-22(2)32)14-17-30(31,20-36-21-35-4)27(25)15-16-29(23,26)3/h23-27,34H,5-21H2,1-4H3/t23-,24-,25-,26-,27-,29+,30-,31-/m0/s1. The average molecular weight is 521 g/mol. The first kappa shape index (κ1) is 29.0. The molecule has 1 N–H and O–H groups in total. The second-order valence-corrected chi connectivity index (χ2v) is 13.1. The molecule has 0 saturated heterocycles. The zero-order chi connectivity index (χ0) is 26.7. The molecule has 212 valence electrons. The van der Waals surface area contributed by atoms with Crippen LogP contribution in [0.1, 0.15) is 117 Å². The third-order valence-corrected chi connectivity index (χ3v) is 11.3. The Kier molecular flexibility index (Phi) is 9.44. The van der Waals surface area contributed by atoms with Crippen molar-refractivity contribution < 1.29 is 28.9 Å². The van der Waals surface area contributed by atoms with E-state index < -0.39 is 17.1 Å². The van der Waals surface area contributed by atoms with Gasteiger partial charge in [-0.15, -0.1) is 0 Å². The molecular formula is C31H52O6. The predicted molar refractivity (Wildman–Crippen MR) is 143 cm³/mol. The van der Waals surface area contributed by atoms with Gasteiger partial charge in [-0.3, -0.25) is 9.59 Å². The summed E-state index contributed by atoms with van der Waals surface area (Å²) in [4.78, 5) is 25.5. The molecule has 4 rings (SSSR count). The van der Waals surface area contributed by atoms with E-state index in [1.54, 1.807) is 7.11 Å². The van der Waals surface area contributed by atoms with Crippen LogP contribution in [0, 0.1) is 34.5 Å². The minimum atomic E-state index is -1.51. The van der Waals surface area contributed by atoms with Crippen LogP contribution in [0.5, 0.6) is 0 Å². The van der Waals surface area contributed by atoms with Crippen molar-refractivity contribution in [2.45, 2.75) is 129 Å². The van der Waals surface area contributed by atoms with Crippen LogP contribution in [0.15, 0.2) is 0 Å². The highest BCUT2D eigenvalue weighted by molar-refractivity contribution is 5.90. The van der Waals surface area contributed by atoms with Crippen LogP contribution in [-0.4, -0.2) is 49.1 Å². The smallest absolute Gasteiger partial charge is 0.302 e.